The molecule has 4 N–H and O–H groups in total. The van der Waals surface area contributed by atoms with Gasteiger partial charge in [-0.05, 0) is 67.4 Å². The van der Waals surface area contributed by atoms with E-state index >= 15 is 0 Å². The number of anilines is 2. The fourth-order valence-electron chi connectivity index (χ4n) is 2.76. The standard InChI is InChI=1S/C23H22N4O2/c1-15-6-3-4-9-21(15)23(29)25-20-12-10-17(11-13-20)22(28)27-26-16(2)18-7-5-8-19(24)14-18/h3-14H,24H2,1-2H3,(H,25,29)(H,27,28). The number of amides is 2. The highest BCUT2D eigenvalue weighted by Crippen LogP contribution is 2.14. The Balaban J connectivity index is 1.63. The van der Waals surface area contributed by atoms with Gasteiger partial charge in [-0.15, -0.1) is 0 Å². The lowest BCUT2D eigenvalue weighted by Crippen LogP contribution is -2.19. The average molecular weight is 386 g/mol. The normalized spacial score (nSPS) is 11.0. The van der Waals surface area contributed by atoms with E-state index in [1.54, 1.807) is 49.4 Å². The minimum Gasteiger partial charge on any atom is -0.399 e. The molecule has 0 heterocycles. The Labute approximate surface area is 169 Å². The number of nitrogen functional groups attached to an aromatic ring is 1. The fraction of sp³-hybridized carbons (Fsp3) is 0.0870. The highest BCUT2D eigenvalue weighted by molar-refractivity contribution is 6.05. The molecule has 0 atom stereocenters. The van der Waals surface area contributed by atoms with Crippen molar-refractivity contribution in [3.8, 4) is 0 Å². The van der Waals surface area contributed by atoms with Crippen molar-refractivity contribution < 1.29 is 9.59 Å². The number of nitrogens with one attached hydrogen (secondary N) is 2. The molecule has 2 amide bonds. The summed E-state index contributed by atoms with van der Waals surface area (Å²) in [6, 6.07) is 21.3. The third kappa shape index (κ3) is 5.07. The van der Waals surface area contributed by atoms with Crippen molar-refractivity contribution in [2.24, 2.45) is 5.10 Å². The number of carbonyl (C=O) groups is 2. The zero-order valence-electron chi connectivity index (χ0n) is 16.3. The van der Waals surface area contributed by atoms with Crippen LogP contribution in [-0.2, 0) is 0 Å². The maximum Gasteiger partial charge on any atom is 0.271 e. The predicted molar refractivity (Wildman–Crippen MR) is 116 cm³/mol. The van der Waals surface area contributed by atoms with E-state index in [1.165, 1.54) is 0 Å². The van der Waals surface area contributed by atoms with Gasteiger partial charge in [0.1, 0.15) is 0 Å². The van der Waals surface area contributed by atoms with Crippen molar-refractivity contribution in [2.45, 2.75) is 13.8 Å². The van der Waals surface area contributed by atoms with E-state index in [4.69, 9.17) is 5.73 Å². The lowest BCUT2D eigenvalue weighted by atomic mass is 10.1. The first kappa shape index (κ1) is 19.8. The predicted octanol–water partition coefficient (Wildman–Crippen LogP) is 3.98. The molecule has 0 spiro atoms. The zero-order chi connectivity index (χ0) is 20.8. The third-order valence-electron chi connectivity index (χ3n) is 4.42. The van der Waals surface area contributed by atoms with Gasteiger partial charge in [-0.2, -0.15) is 5.10 Å². The highest BCUT2D eigenvalue weighted by atomic mass is 16.2. The number of aryl methyl sites for hydroxylation is 1. The molecule has 3 aromatic carbocycles. The van der Waals surface area contributed by atoms with E-state index in [-0.39, 0.29) is 11.8 Å². The Morgan fingerprint density at radius 3 is 2.28 bits per heavy atom. The summed E-state index contributed by atoms with van der Waals surface area (Å²) in [6.45, 7) is 3.67. The lowest BCUT2D eigenvalue weighted by molar-refractivity contribution is 0.0954. The van der Waals surface area contributed by atoms with E-state index in [0.29, 0.717) is 28.2 Å². The van der Waals surface area contributed by atoms with Gasteiger partial charge in [-0.3, -0.25) is 9.59 Å². The largest absolute Gasteiger partial charge is 0.399 e. The maximum absolute atomic E-state index is 12.4. The Hall–Kier alpha value is -3.93. The molecule has 0 bridgehead atoms. The van der Waals surface area contributed by atoms with E-state index in [9.17, 15) is 9.59 Å². The van der Waals surface area contributed by atoms with Gasteiger partial charge in [0.25, 0.3) is 11.8 Å². The van der Waals surface area contributed by atoms with Crippen molar-refractivity contribution in [3.05, 3.63) is 95.1 Å². The van der Waals surface area contributed by atoms with Crippen LogP contribution in [0.1, 0.15) is 38.8 Å². The summed E-state index contributed by atoms with van der Waals surface area (Å²) in [5.41, 5.74) is 13.0. The second kappa shape index (κ2) is 8.84. The quantitative estimate of drug-likeness (QED) is 0.351. The second-order valence-electron chi connectivity index (χ2n) is 6.61. The molecule has 3 rings (SSSR count). The van der Waals surface area contributed by atoms with Gasteiger partial charge < -0.3 is 11.1 Å². The SMILES string of the molecule is CC(=NNC(=O)c1ccc(NC(=O)c2ccccc2C)cc1)c1cccc(N)c1. The number of carbonyl (C=O) groups excluding carboxylic acids is 2. The number of hydrazone groups is 1. The summed E-state index contributed by atoms with van der Waals surface area (Å²) in [7, 11) is 0. The van der Waals surface area contributed by atoms with Crippen LogP contribution in [0.4, 0.5) is 11.4 Å². The van der Waals surface area contributed by atoms with Gasteiger partial charge >= 0.3 is 0 Å². The first-order valence-electron chi connectivity index (χ1n) is 9.11. The number of nitrogens with two attached hydrogens (primary N) is 1. The maximum atomic E-state index is 12.4. The molecule has 0 aliphatic carbocycles. The molecule has 0 fully saturated rings. The number of hydrogen-bond donors (Lipinski definition) is 3. The first-order valence-corrected chi connectivity index (χ1v) is 9.11. The summed E-state index contributed by atoms with van der Waals surface area (Å²) in [4.78, 5) is 24.7. The molecule has 0 radical (unpaired) electrons. The van der Waals surface area contributed by atoms with E-state index < -0.39 is 0 Å². The molecule has 6 heteroatoms. The summed E-state index contributed by atoms with van der Waals surface area (Å²) < 4.78 is 0. The van der Waals surface area contributed by atoms with Crippen LogP contribution in [0.25, 0.3) is 0 Å². The van der Waals surface area contributed by atoms with Gasteiger partial charge in [-0.1, -0.05) is 30.3 Å². The number of hydrogen-bond acceptors (Lipinski definition) is 4. The molecule has 0 unspecified atom stereocenters. The van der Waals surface area contributed by atoms with Crippen LogP contribution in [0.5, 0.6) is 0 Å². The zero-order valence-corrected chi connectivity index (χ0v) is 16.3. The Bertz CT molecular complexity index is 1070. The third-order valence-corrected chi connectivity index (χ3v) is 4.42. The van der Waals surface area contributed by atoms with Gasteiger partial charge in [0.15, 0.2) is 0 Å². The minimum absolute atomic E-state index is 0.192. The van der Waals surface area contributed by atoms with Crippen molar-refractivity contribution >= 4 is 28.9 Å². The number of nitrogens with zero attached hydrogens (tertiary/aromatic N) is 1. The molecule has 3 aromatic rings. The minimum atomic E-state index is -0.343. The molecular weight excluding hydrogens is 364 g/mol. The summed E-state index contributed by atoms with van der Waals surface area (Å²) >= 11 is 0. The number of rotatable bonds is 5. The summed E-state index contributed by atoms with van der Waals surface area (Å²) in [6.07, 6.45) is 0. The summed E-state index contributed by atoms with van der Waals surface area (Å²) in [5, 5.41) is 6.96. The van der Waals surface area contributed by atoms with Crippen molar-refractivity contribution in [1.82, 2.24) is 5.43 Å². The van der Waals surface area contributed by atoms with Crippen molar-refractivity contribution in [3.63, 3.8) is 0 Å². The average Bonchev–Trinajstić information content (AvgIpc) is 2.72. The van der Waals surface area contributed by atoms with Crippen LogP contribution in [0.3, 0.4) is 0 Å². The Morgan fingerprint density at radius 1 is 0.862 bits per heavy atom. The molecule has 0 aliphatic heterocycles. The highest BCUT2D eigenvalue weighted by Gasteiger charge is 2.10. The van der Waals surface area contributed by atoms with Gasteiger partial charge in [-0.25, -0.2) is 5.43 Å². The molecule has 0 saturated heterocycles. The topological polar surface area (TPSA) is 96.6 Å². The van der Waals surface area contributed by atoms with E-state index in [2.05, 4.69) is 15.8 Å². The molecule has 0 saturated carbocycles. The molecular formula is C23H22N4O2. The molecule has 0 aliphatic rings. The van der Waals surface area contributed by atoms with Gasteiger partial charge in [0, 0.05) is 22.5 Å². The molecule has 0 aromatic heterocycles. The van der Waals surface area contributed by atoms with Gasteiger partial charge in [0.2, 0.25) is 0 Å². The Kier molecular flexibility index (Phi) is 6.04. The van der Waals surface area contributed by atoms with Crippen LogP contribution in [0, 0.1) is 6.92 Å². The number of benzene rings is 3. The lowest BCUT2D eigenvalue weighted by Gasteiger charge is -2.08. The van der Waals surface area contributed by atoms with Crippen molar-refractivity contribution in [1.29, 1.82) is 0 Å². The summed E-state index contributed by atoms with van der Waals surface area (Å²) in [5.74, 6) is -0.535. The van der Waals surface area contributed by atoms with Crippen LogP contribution < -0.4 is 16.5 Å². The first-order chi connectivity index (χ1) is 13.9. The Morgan fingerprint density at radius 2 is 1.59 bits per heavy atom. The fourth-order valence-corrected chi connectivity index (χ4v) is 2.76. The monoisotopic (exact) mass is 386 g/mol. The molecule has 146 valence electrons. The molecule has 29 heavy (non-hydrogen) atoms. The van der Waals surface area contributed by atoms with E-state index in [0.717, 1.165) is 11.1 Å². The van der Waals surface area contributed by atoms with Crippen LogP contribution in [-0.4, -0.2) is 17.5 Å². The van der Waals surface area contributed by atoms with Crippen LogP contribution in [0.15, 0.2) is 77.9 Å². The second-order valence-corrected chi connectivity index (χ2v) is 6.61. The van der Waals surface area contributed by atoms with Crippen molar-refractivity contribution in [2.75, 3.05) is 11.1 Å². The van der Waals surface area contributed by atoms with Gasteiger partial charge in [0.05, 0.1) is 5.71 Å². The van der Waals surface area contributed by atoms with Crippen LogP contribution >= 0.6 is 0 Å². The van der Waals surface area contributed by atoms with E-state index in [1.807, 2.05) is 37.3 Å². The molecule has 6 nitrogen and oxygen atoms in total. The van der Waals surface area contributed by atoms with Crippen LogP contribution in [0.2, 0.25) is 0 Å². The smallest absolute Gasteiger partial charge is 0.271 e.